The number of aromatic nitrogens is 2. The standard InChI is InChI=1S/C21H18ClN3O/c22-16-5-1-3-14-15-4-2-6-17(20(15)25-19(14)16)24-21(26)13-8-7-12-9-10-23-18(12)11-13/h1,3,5,7-11,17,23,25H,2,4,6H2,(H,24,26). The summed E-state index contributed by atoms with van der Waals surface area (Å²) in [6.45, 7) is 0. The summed E-state index contributed by atoms with van der Waals surface area (Å²) in [5, 5.41) is 6.19. The molecule has 0 spiro atoms. The third-order valence-corrected chi connectivity index (χ3v) is 5.63. The van der Waals surface area contributed by atoms with E-state index in [9.17, 15) is 4.79 Å². The highest BCUT2D eigenvalue weighted by Crippen LogP contribution is 2.37. The fourth-order valence-electron chi connectivity index (χ4n) is 4.03. The molecule has 2 heterocycles. The summed E-state index contributed by atoms with van der Waals surface area (Å²) in [5.41, 5.74) is 4.97. The van der Waals surface area contributed by atoms with Crippen LogP contribution in [0.15, 0.2) is 48.7 Å². The Labute approximate surface area is 155 Å². The molecular weight excluding hydrogens is 346 g/mol. The summed E-state index contributed by atoms with van der Waals surface area (Å²) in [5.74, 6) is -0.0518. The Morgan fingerprint density at radius 1 is 1.19 bits per heavy atom. The molecule has 0 saturated carbocycles. The monoisotopic (exact) mass is 363 g/mol. The zero-order valence-electron chi connectivity index (χ0n) is 14.1. The lowest BCUT2D eigenvalue weighted by molar-refractivity contribution is 0.0932. The number of amides is 1. The van der Waals surface area contributed by atoms with E-state index in [2.05, 4.69) is 21.4 Å². The van der Waals surface area contributed by atoms with Crippen molar-refractivity contribution in [2.75, 3.05) is 0 Å². The summed E-state index contributed by atoms with van der Waals surface area (Å²) in [6.07, 6.45) is 4.87. The van der Waals surface area contributed by atoms with Gasteiger partial charge in [-0.25, -0.2) is 0 Å². The molecule has 1 unspecified atom stereocenters. The Balaban J connectivity index is 1.49. The summed E-state index contributed by atoms with van der Waals surface area (Å²) in [7, 11) is 0. The molecule has 5 heteroatoms. The van der Waals surface area contributed by atoms with Crippen molar-refractivity contribution in [3.8, 4) is 0 Å². The van der Waals surface area contributed by atoms with Crippen molar-refractivity contribution in [2.45, 2.75) is 25.3 Å². The molecule has 0 fully saturated rings. The second-order valence-corrected chi connectivity index (χ2v) is 7.28. The number of para-hydroxylation sites is 1. The first-order valence-corrected chi connectivity index (χ1v) is 9.25. The van der Waals surface area contributed by atoms with E-state index in [4.69, 9.17) is 11.6 Å². The van der Waals surface area contributed by atoms with E-state index in [1.807, 2.05) is 42.6 Å². The molecule has 0 aliphatic heterocycles. The van der Waals surface area contributed by atoms with Gasteiger partial charge >= 0.3 is 0 Å². The number of fused-ring (bicyclic) bond motifs is 4. The highest BCUT2D eigenvalue weighted by atomic mass is 35.5. The minimum Gasteiger partial charge on any atom is -0.361 e. The van der Waals surface area contributed by atoms with Gasteiger partial charge in [0.25, 0.3) is 5.91 Å². The second kappa shape index (κ2) is 5.92. The first-order chi connectivity index (χ1) is 12.7. The molecule has 2 aromatic carbocycles. The number of aromatic amines is 2. The first-order valence-electron chi connectivity index (χ1n) is 8.87. The number of carbonyl (C=O) groups is 1. The average molecular weight is 364 g/mol. The molecule has 1 aliphatic rings. The predicted molar refractivity (Wildman–Crippen MR) is 105 cm³/mol. The maximum absolute atomic E-state index is 12.8. The zero-order chi connectivity index (χ0) is 17.7. The van der Waals surface area contributed by atoms with Crippen LogP contribution in [0, 0.1) is 0 Å². The summed E-state index contributed by atoms with van der Waals surface area (Å²) < 4.78 is 0. The van der Waals surface area contributed by atoms with Crippen LogP contribution < -0.4 is 5.32 Å². The number of benzene rings is 2. The van der Waals surface area contributed by atoms with Crippen LogP contribution in [0.5, 0.6) is 0 Å². The van der Waals surface area contributed by atoms with Gasteiger partial charge in [-0.15, -0.1) is 0 Å². The molecule has 0 bridgehead atoms. The van der Waals surface area contributed by atoms with E-state index in [1.54, 1.807) is 0 Å². The minimum atomic E-state index is -0.0518. The molecule has 3 N–H and O–H groups in total. The molecule has 4 aromatic rings. The van der Waals surface area contributed by atoms with Crippen molar-refractivity contribution in [1.29, 1.82) is 0 Å². The molecule has 0 radical (unpaired) electrons. The quantitative estimate of drug-likeness (QED) is 0.455. The van der Waals surface area contributed by atoms with Crippen molar-refractivity contribution >= 4 is 39.3 Å². The molecule has 2 aromatic heterocycles. The number of hydrogen-bond donors (Lipinski definition) is 3. The molecule has 1 aliphatic carbocycles. The van der Waals surface area contributed by atoms with Crippen LogP contribution in [0.4, 0.5) is 0 Å². The lowest BCUT2D eigenvalue weighted by Crippen LogP contribution is -2.31. The number of nitrogens with one attached hydrogen (secondary N) is 3. The normalized spacial score (nSPS) is 16.7. The Morgan fingerprint density at radius 3 is 3.04 bits per heavy atom. The van der Waals surface area contributed by atoms with Crippen LogP contribution in [0.3, 0.4) is 0 Å². The molecule has 0 saturated heterocycles. The Hall–Kier alpha value is -2.72. The van der Waals surface area contributed by atoms with E-state index >= 15 is 0 Å². The Bertz CT molecular complexity index is 1140. The molecule has 4 nitrogen and oxygen atoms in total. The number of hydrogen-bond acceptors (Lipinski definition) is 1. The van der Waals surface area contributed by atoms with Crippen LogP contribution in [0.2, 0.25) is 5.02 Å². The molecule has 1 amide bonds. The van der Waals surface area contributed by atoms with Gasteiger partial charge in [0.1, 0.15) is 0 Å². The van der Waals surface area contributed by atoms with E-state index in [0.717, 1.165) is 46.4 Å². The van der Waals surface area contributed by atoms with Gasteiger partial charge in [0.05, 0.1) is 16.6 Å². The van der Waals surface area contributed by atoms with E-state index < -0.39 is 0 Å². The fourth-order valence-corrected chi connectivity index (χ4v) is 4.25. The van der Waals surface area contributed by atoms with Gasteiger partial charge in [0, 0.05) is 28.4 Å². The number of halogens is 1. The van der Waals surface area contributed by atoms with Gasteiger partial charge in [0.2, 0.25) is 0 Å². The predicted octanol–water partition coefficient (Wildman–Crippen LogP) is 5.11. The van der Waals surface area contributed by atoms with E-state index in [-0.39, 0.29) is 11.9 Å². The van der Waals surface area contributed by atoms with Crippen molar-refractivity contribution in [2.24, 2.45) is 0 Å². The molecule has 26 heavy (non-hydrogen) atoms. The smallest absolute Gasteiger partial charge is 0.251 e. The summed E-state index contributed by atoms with van der Waals surface area (Å²) in [4.78, 5) is 19.4. The largest absolute Gasteiger partial charge is 0.361 e. The lowest BCUT2D eigenvalue weighted by Gasteiger charge is -2.24. The summed E-state index contributed by atoms with van der Waals surface area (Å²) >= 11 is 6.35. The highest BCUT2D eigenvalue weighted by Gasteiger charge is 2.26. The van der Waals surface area contributed by atoms with E-state index in [0.29, 0.717) is 5.56 Å². The number of aryl methyl sites for hydroxylation is 1. The maximum atomic E-state index is 12.8. The van der Waals surface area contributed by atoms with E-state index in [1.165, 1.54) is 10.9 Å². The van der Waals surface area contributed by atoms with Gasteiger partial charge in [-0.2, -0.15) is 0 Å². The second-order valence-electron chi connectivity index (χ2n) is 6.88. The zero-order valence-corrected chi connectivity index (χ0v) is 14.9. The fraction of sp³-hybridized carbons (Fsp3) is 0.190. The average Bonchev–Trinajstić information content (AvgIpc) is 3.27. The molecule has 1 atom stereocenters. The van der Waals surface area contributed by atoms with Crippen LogP contribution in [-0.4, -0.2) is 15.9 Å². The number of H-pyrrole nitrogens is 2. The molecule has 130 valence electrons. The maximum Gasteiger partial charge on any atom is 0.251 e. The lowest BCUT2D eigenvalue weighted by atomic mass is 9.91. The van der Waals surface area contributed by atoms with Gasteiger partial charge < -0.3 is 15.3 Å². The minimum absolute atomic E-state index is 0.0194. The Kier molecular flexibility index (Phi) is 3.54. The van der Waals surface area contributed by atoms with Crippen molar-refractivity contribution < 1.29 is 4.79 Å². The van der Waals surface area contributed by atoms with Crippen molar-refractivity contribution in [1.82, 2.24) is 15.3 Å². The van der Waals surface area contributed by atoms with Crippen LogP contribution in [0.25, 0.3) is 21.8 Å². The summed E-state index contributed by atoms with van der Waals surface area (Å²) in [6, 6.07) is 13.7. The highest BCUT2D eigenvalue weighted by molar-refractivity contribution is 6.35. The molecular formula is C21H18ClN3O. The van der Waals surface area contributed by atoms with Crippen LogP contribution >= 0.6 is 11.6 Å². The number of carbonyl (C=O) groups excluding carboxylic acids is 1. The third kappa shape index (κ3) is 2.41. The molecule has 5 rings (SSSR count). The van der Waals surface area contributed by atoms with Crippen LogP contribution in [0.1, 0.15) is 40.5 Å². The van der Waals surface area contributed by atoms with Gasteiger partial charge in [-0.1, -0.05) is 29.8 Å². The van der Waals surface area contributed by atoms with Crippen molar-refractivity contribution in [3.63, 3.8) is 0 Å². The number of rotatable bonds is 2. The Morgan fingerprint density at radius 2 is 2.12 bits per heavy atom. The van der Waals surface area contributed by atoms with Crippen LogP contribution in [-0.2, 0) is 6.42 Å². The SMILES string of the molecule is O=C(NC1CCCc2c1[nH]c1c(Cl)cccc21)c1ccc2cc[nH]c2c1. The first kappa shape index (κ1) is 15.5. The van der Waals surface area contributed by atoms with Gasteiger partial charge in [-0.05, 0) is 54.5 Å². The van der Waals surface area contributed by atoms with Gasteiger partial charge in [0.15, 0.2) is 0 Å². The van der Waals surface area contributed by atoms with Gasteiger partial charge in [-0.3, -0.25) is 4.79 Å². The van der Waals surface area contributed by atoms with Crippen molar-refractivity contribution in [3.05, 3.63) is 70.5 Å². The topological polar surface area (TPSA) is 60.7 Å². The third-order valence-electron chi connectivity index (χ3n) is 5.31.